The molecule has 0 spiro atoms. The monoisotopic (exact) mass is 273 g/mol. The molecule has 0 radical (unpaired) electrons. The SMILES string of the molecule is C=CC(N(CC)C(=O)O[Si](C)(C)C)[Si](C)(C)C. The van der Waals surface area contributed by atoms with Crippen molar-refractivity contribution in [2.45, 2.75) is 51.9 Å². The van der Waals surface area contributed by atoms with Crippen LogP contribution in [-0.2, 0) is 4.43 Å². The van der Waals surface area contributed by atoms with Gasteiger partial charge in [-0.2, -0.15) is 0 Å². The summed E-state index contributed by atoms with van der Waals surface area (Å²) in [6.45, 7) is 19.3. The Labute approximate surface area is 108 Å². The second-order valence-electron chi connectivity index (χ2n) is 6.31. The average Bonchev–Trinajstić information content (AvgIpc) is 2.08. The standard InChI is InChI=1S/C12H27NO2Si2/c1-9-11(16(3,4)5)13(10-2)12(14)15-17(6,7)8/h9,11H,1,10H2,2-8H3. The third-order valence-corrected chi connectivity index (χ3v) is 5.52. The third-order valence-electron chi connectivity index (χ3n) is 2.42. The van der Waals surface area contributed by atoms with E-state index in [9.17, 15) is 4.79 Å². The van der Waals surface area contributed by atoms with E-state index >= 15 is 0 Å². The summed E-state index contributed by atoms with van der Waals surface area (Å²) in [4.78, 5) is 14.0. The summed E-state index contributed by atoms with van der Waals surface area (Å²) in [5.41, 5.74) is 0.136. The summed E-state index contributed by atoms with van der Waals surface area (Å²) in [6.07, 6.45) is 1.71. The summed E-state index contributed by atoms with van der Waals surface area (Å²) in [7, 11) is -3.31. The summed E-state index contributed by atoms with van der Waals surface area (Å²) < 4.78 is 5.57. The molecule has 0 aromatic heterocycles. The highest BCUT2D eigenvalue weighted by Crippen LogP contribution is 2.18. The Morgan fingerprint density at radius 2 is 1.76 bits per heavy atom. The second kappa shape index (κ2) is 5.86. The molecule has 0 heterocycles. The number of hydrogen-bond donors (Lipinski definition) is 0. The van der Waals surface area contributed by atoms with Gasteiger partial charge in [0.05, 0.1) is 8.07 Å². The molecule has 0 aliphatic rings. The largest absolute Gasteiger partial charge is 0.504 e. The van der Waals surface area contributed by atoms with Crippen molar-refractivity contribution in [3.8, 4) is 0 Å². The highest BCUT2D eigenvalue weighted by molar-refractivity contribution is 6.78. The summed E-state index contributed by atoms with van der Waals surface area (Å²) in [5.74, 6) is 0. The molecule has 100 valence electrons. The Morgan fingerprint density at radius 1 is 1.29 bits per heavy atom. The third kappa shape index (κ3) is 5.54. The lowest BCUT2D eigenvalue weighted by molar-refractivity contribution is 0.151. The maximum absolute atomic E-state index is 12.1. The van der Waals surface area contributed by atoms with Crippen LogP contribution in [0.5, 0.6) is 0 Å². The van der Waals surface area contributed by atoms with Gasteiger partial charge in [-0.3, -0.25) is 0 Å². The first-order valence-corrected chi connectivity index (χ1v) is 13.1. The molecule has 0 saturated carbocycles. The second-order valence-corrected chi connectivity index (χ2v) is 16.1. The Kier molecular flexibility index (Phi) is 5.67. The summed E-state index contributed by atoms with van der Waals surface area (Å²) in [6, 6.07) is 0. The fraction of sp³-hybridized carbons (Fsp3) is 0.750. The molecule has 0 N–H and O–H groups in total. The number of likely N-dealkylation sites (N-methyl/N-ethyl adjacent to an activating group) is 1. The maximum Gasteiger partial charge on any atom is 0.396 e. The number of carbonyl (C=O) groups is 1. The van der Waals surface area contributed by atoms with Crippen molar-refractivity contribution < 1.29 is 9.22 Å². The molecule has 17 heavy (non-hydrogen) atoms. The van der Waals surface area contributed by atoms with Crippen LogP contribution in [0, 0.1) is 0 Å². The van der Waals surface area contributed by atoms with Gasteiger partial charge >= 0.3 is 6.09 Å². The van der Waals surface area contributed by atoms with Crippen molar-refractivity contribution in [3.63, 3.8) is 0 Å². The van der Waals surface area contributed by atoms with Crippen molar-refractivity contribution in [1.29, 1.82) is 0 Å². The van der Waals surface area contributed by atoms with Crippen LogP contribution in [0.15, 0.2) is 12.7 Å². The van der Waals surface area contributed by atoms with Crippen LogP contribution in [0.1, 0.15) is 6.92 Å². The first kappa shape index (κ1) is 16.4. The van der Waals surface area contributed by atoms with Gasteiger partial charge in [0.15, 0.2) is 0 Å². The van der Waals surface area contributed by atoms with E-state index in [2.05, 4.69) is 26.2 Å². The van der Waals surface area contributed by atoms with Gasteiger partial charge in [0.2, 0.25) is 8.32 Å². The van der Waals surface area contributed by atoms with Gasteiger partial charge < -0.3 is 9.33 Å². The van der Waals surface area contributed by atoms with Gasteiger partial charge in [-0.1, -0.05) is 25.7 Å². The molecule has 0 aromatic rings. The fourth-order valence-electron chi connectivity index (χ4n) is 1.71. The van der Waals surface area contributed by atoms with Gasteiger partial charge in [-0.15, -0.1) is 6.58 Å². The lowest BCUT2D eigenvalue weighted by Gasteiger charge is -2.37. The van der Waals surface area contributed by atoms with E-state index in [0.717, 1.165) is 0 Å². The first-order valence-electron chi connectivity index (χ1n) is 6.15. The number of hydrogen-bond acceptors (Lipinski definition) is 2. The zero-order valence-electron chi connectivity index (χ0n) is 12.3. The molecule has 3 nitrogen and oxygen atoms in total. The Bertz CT molecular complexity index is 279. The number of amides is 1. The van der Waals surface area contributed by atoms with Crippen LogP contribution in [0.3, 0.4) is 0 Å². The van der Waals surface area contributed by atoms with E-state index in [0.29, 0.717) is 6.54 Å². The van der Waals surface area contributed by atoms with Crippen LogP contribution in [0.2, 0.25) is 39.3 Å². The molecule has 1 atom stereocenters. The Hall–Kier alpha value is -0.556. The normalized spacial score (nSPS) is 14.1. The Balaban J connectivity index is 4.94. The lowest BCUT2D eigenvalue weighted by Crippen LogP contribution is -2.53. The number of carbonyl (C=O) groups excluding carboxylic acids is 1. The molecule has 0 rings (SSSR count). The lowest BCUT2D eigenvalue weighted by atomic mass is 10.5. The molecule has 5 heteroatoms. The van der Waals surface area contributed by atoms with E-state index in [1.807, 2.05) is 37.5 Å². The molecule has 1 amide bonds. The molecule has 0 aliphatic carbocycles. The predicted octanol–water partition coefficient (Wildman–Crippen LogP) is 3.71. The van der Waals surface area contributed by atoms with Crippen molar-refractivity contribution in [1.82, 2.24) is 4.90 Å². The molecule has 0 aromatic carbocycles. The van der Waals surface area contributed by atoms with E-state index in [-0.39, 0.29) is 11.8 Å². The first-order chi connectivity index (χ1) is 7.53. The highest BCUT2D eigenvalue weighted by Gasteiger charge is 2.34. The minimum absolute atomic E-state index is 0.136. The predicted molar refractivity (Wildman–Crippen MR) is 79.5 cm³/mol. The molecule has 0 aliphatic heterocycles. The average molecular weight is 274 g/mol. The van der Waals surface area contributed by atoms with Crippen LogP contribution in [0.4, 0.5) is 4.79 Å². The van der Waals surface area contributed by atoms with E-state index in [1.165, 1.54) is 0 Å². The van der Waals surface area contributed by atoms with Crippen molar-refractivity contribution >= 4 is 22.5 Å². The summed E-state index contributed by atoms with van der Waals surface area (Å²) in [5, 5.41) is 0. The number of rotatable bonds is 5. The van der Waals surface area contributed by atoms with Crippen LogP contribution < -0.4 is 0 Å². The van der Waals surface area contributed by atoms with E-state index < -0.39 is 16.4 Å². The van der Waals surface area contributed by atoms with Crippen LogP contribution >= 0.6 is 0 Å². The minimum atomic E-state index is -1.83. The Morgan fingerprint density at radius 3 is 2.00 bits per heavy atom. The fourth-order valence-corrected chi connectivity index (χ4v) is 4.28. The number of nitrogens with zero attached hydrogens (tertiary/aromatic N) is 1. The van der Waals surface area contributed by atoms with Gasteiger partial charge in [0.25, 0.3) is 0 Å². The molecule has 1 unspecified atom stereocenters. The zero-order chi connectivity index (χ0) is 13.9. The topological polar surface area (TPSA) is 29.5 Å². The van der Waals surface area contributed by atoms with Crippen LogP contribution in [0.25, 0.3) is 0 Å². The van der Waals surface area contributed by atoms with Gasteiger partial charge in [0.1, 0.15) is 0 Å². The zero-order valence-corrected chi connectivity index (χ0v) is 14.3. The van der Waals surface area contributed by atoms with Crippen molar-refractivity contribution in [2.75, 3.05) is 6.54 Å². The van der Waals surface area contributed by atoms with Crippen LogP contribution in [-0.4, -0.2) is 39.6 Å². The van der Waals surface area contributed by atoms with Crippen molar-refractivity contribution in [2.24, 2.45) is 0 Å². The molecular weight excluding hydrogens is 246 g/mol. The van der Waals surface area contributed by atoms with Gasteiger partial charge in [-0.25, -0.2) is 4.79 Å². The molecule has 0 saturated heterocycles. The summed E-state index contributed by atoms with van der Waals surface area (Å²) >= 11 is 0. The molecule has 0 fully saturated rings. The van der Waals surface area contributed by atoms with E-state index in [4.69, 9.17) is 4.43 Å². The smallest absolute Gasteiger partial charge is 0.396 e. The molecule has 0 bridgehead atoms. The minimum Gasteiger partial charge on any atom is -0.504 e. The maximum atomic E-state index is 12.1. The van der Waals surface area contributed by atoms with Gasteiger partial charge in [0, 0.05) is 12.2 Å². The quantitative estimate of drug-likeness (QED) is 0.564. The van der Waals surface area contributed by atoms with Gasteiger partial charge in [-0.05, 0) is 26.6 Å². The molecular formula is C12H27NO2Si2. The highest BCUT2D eigenvalue weighted by atomic mass is 28.4. The van der Waals surface area contributed by atoms with E-state index in [1.54, 1.807) is 0 Å². The van der Waals surface area contributed by atoms with Crippen molar-refractivity contribution in [3.05, 3.63) is 12.7 Å².